The summed E-state index contributed by atoms with van der Waals surface area (Å²) in [5.74, 6) is -0.322. The molecule has 1 amide bonds. The number of hydrogen-bond donors (Lipinski definition) is 1. The van der Waals surface area contributed by atoms with Gasteiger partial charge in [-0.3, -0.25) is 4.79 Å². The minimum absolute atomic E-state index is 0.0463. The summed E-state index contributed by atoms with van der Waals surface area (Å²) in [6, 6.07) is 8.06. The summed E-state index contributed by atoms with van der Waals surface area (Å²) in [6.07, 6.45) is 4.12. The summed E-state index contributed by atoms with van der Waals surface area (Å²) >= 11 is 0. The van der Waals surface area contributed by atoms with Crippen molar-refractivity contribution < 1.29 is 24.2 Å². The van der Waals surface area contributed by atoms with E-state index >= 15 is 0 Å². The number of ether oxygens (including phenoxy) is 2. The summed E-state index contributed by atoms with van der Waals surface area (Å²) in [5.41, 5.74) is 1.45. The molecular formula is C22H22N4O5. The van der Waals surface area contributed by atoms with E-state index in [9.17, 15) is 14.7 Å². The van der Waals surface area contributed by atoms with Gasteiger partial charge in [0.05, 0.1) is 19.4 Å². The summed E-state index contributed by atoms with van der Waals surface area (Å²) in [5, 5.41) is 14.7. The molecule has 0 atom stereocenters. The zero-order valence-electron chi connectivity index (χ0n) is 17.1. The second-order valence-electron chi connectivity index (χ2n) is 7.87. The molecule has 2 aliphatic rings. The van der Waals surface area contributed by atoms with Crippen molar-refractivity contribution in [3.63, 3.8) is 0 Å². The molecule has 31 heavy (non-hydrogen) atoms. The van der Waals surface area contributed by atoms with Crippen LogP contribution in [0.25, 0.3) is 5.65 Å². The third-order valence-electron chi connectivity index (χ3n) is 6.20. The van der Waals surface area contributed by atoms with Crippen LogP contribution in [-0.4, -0.2) is 62.8 Å². The Kier molecular flexibility index (Phi) is 4.53. The van der Waals surface area contributed by atoms with E-state index in [-0.39, 0.29) is 40.6 Å². The number of piperidine rings is 1. The van der Waals surface area contributed by atoms with Crippen LogP contribution in [0.1, 0.15) is 46.0 Å². The Balaban J connectivity index is 1.37. The monoisotopic (exact) mass is 422 g/mol. The Morgan fingerprint density at radius 1 is 1.19 bits per heavy atom. The predicted octanol–water partition coefficient (Wildman–Crippen LogP) is 2.18. The zero-order chi connectivity index (χ0) is 21.6. The molecule has 2 aliphatic heterocycles. The number of para-hydroxylation sites is 1. The fraction of sp³-hybridized carbons (Fsp3) is 0.364. The van der Waals surface area contributed by atoms with Gasteiger partial charge in [-0.25, -0.2) is 9.78 Å². The Hall–Kier alpha value is -3.62. The highest BCUT2D eigenvalue weighted by Crippen LogP contribution is 2.45. The van der Waals surface area contributed by atoms with Gasteiger partial charge in [-0.15, -0.1) is 0 Å². The lowest BCUT2D eigenvalue weighted by Gasteiger charge is -2.38. The van der Waals surface area contributed by atoms with Crippen LogP contribution >= 0.6 is 0 Å². The van der Waals surface area contributed by atoms with E-state index in [2.05, 4.69) is 16.1 Å². The number of rotatable bonds is 3. The summed E-state index contributed by atoms with van der Waals surface area (Å²) < 4.78 is 11.9. The zero-order valence-corrected chi connectivity index (χ0v) is 17.1. The number of amides is 1. The number of carbonyl (C=O) groups is 2. The lowest BCUT2D eigenvalue weighted by Crippen LogP contribution is -2.46. The molecule has 9 nitrogen and oxygen atoms in total. The normalized spacial score (nSPS) is 16.9. The van der Waals surface area contributed by atoms with Crippen LogP contribution in [0, 0.1) is 0 Å². The molecule has 4 heterocycles. The van der Waals surface area contributed by atoms with Crippen LogP contribution in [-0.2, 0) is 10.2 Å². The Morgan fingerprint density at radius 2 is 1.97 bits per heavy atom. The van der Waals surface area contributed by atoms with Crippen LogP contribution in [0.5, 0.6) is 11.6 Å². The number of nitrogens with zero attached hydrogens (tertiary/aromatic N) is 4. The molecule has 9 heteroatoms. The van der Waals surface area contributed by atoms with Gasteiger partial charge in [-0.2, -0.15) is 9.61 Å². The molecule has 1 spiro atoms. The van der Waals surface area contributed by atoms with E-state index in [4.69, 9.17) is 9.47 Å². The van der Waals surface area contributed by atoms with E-state index in [0.29, 0.717) is 19.7 Å². The summed E-state index contributed by atoms with van der Waals surface area (Å²) in [4.78, 5) is 31.1. The molecule has 5 rings (SSSR count). The summed E-state index contributed by atoms with van der Waals surface area (Å²) in [7, 11) is 0. The molecule has 1 N–H and O–H groups in total. The molecule has 160 valence electrons. The van der Waals surface area contributed by atoms with Crippen molar-refractivity contribution in [3.05, 3.63) is 53.3 Å². The standard InChI is InChI=1S/C22H22N4O5/c1-2-30-21(29)14-12-24-26-18(14)23-11-15(20(26)28)19(27)25-9-7-22(8-10-25)13-31-17-6-4-3-5-16(17)22/h3-6,11-12,28H,2,7-10,13H2,1H3. The van der Waals surface area contributed by atoms with Gasteiger partial charge in [0.25, 0.3) is 5.91 Å². The van der Waals surface area contributed by atoms with Crippen LogP contribution in [0.2, 0.25) is 0 Å². The minimum atomic E-state index is -0.580. The molecule has 0 bridgehead atoms. The second kappa shape index (κ2) is 7.26. The SMILES string of the molecule is CCOC(=O)c1cnn2c(O)c(C(=O)N3CCC4(CC3)COc3ccccc34)cnc12. The fourth-order valence-electron chi connectivity index (χ4n) is 4.47. The average molecular weight is 422 g/mol. The van der Waals surface area contributed by atoms with Crippen molar-refractivity contribution in [2.75, 3.05) is 26.3 Å². The number of aromatic nitrogens is 3. The third kappa shape index (κ3) is 2.99. The molecule has 0 radical (unpaired) electrons. The van der Waals surface area contributed by atoms with Crippen molar-refractivity contribution in [2.24, 2.45) is 0 Å². The van der Waals surface area contributed by atoms with Crippen molar-refractivity contribution in [2.45, 2.75) is 25.2 Å². The van der Waals surface area contributed by atoms with E-state index in [1.807, 2.05) is 18.2 Å². The number of fused-ring (bicyclic) bond motifs is 3. The largest absolute Gasteiger partial charge is 0.493 e. The first-order valence-corrected chi connectivity index (χ1v) is 10.3. The van der Waals surface area contributed by atoms with E-state index < -0.39 is 5.97 Å². The number of hydrogen-bond acceptors (Lipinski definition) is 7. The van der Waals surface area contributed by atoms with Gasteiger partial charge in [0, 0.05) is 30.3 Å². The van der Waals surface area contributed by atoms with Crippen LogP contribution in [0.3, 0.4) is 0 Å². The van der Waals surface area contributed by atoms with Gasteiger partial charge in [0.2, 0.25) is 5.88 Å². The molecule has 0 unspecified atom stereocenters. The minimum Gasteiger partial charge on any atom is -0.493 e. The highest BCUT2D eigenvalue weighted by molar-refractivity contribution is 5.98. The molecule has 0 saturated carbocycles. The van der Waals surface area contributed by atoms with Crippen LogP contribution in [0.15, 0.2) is 36.7 Å². The topological polar surface area (TPSA) is 106 Å². The highest BCUT2D eigenvalue weighted by atomic mass is 16.5. The number of likely N-dealkylation sites (tertiary alicyclic amines) is 1. The first-order chi connectivity index (χ1) is 15.0. The molecule has 2 aromatic heterocycles. The molecule has 1 saturated heterocycles. The van der Waals surface area contributed by atoms with E-state index in [0.717, 1.165) is 23.1 Å². The Bertz CT molecular complexity index is 1180. The lowest BCUT2D eigenvalue weighted by atomic mass is 9.74. The van der Waals surface area contributed by atoms with Crippen molar-refractivity contribution in [1.82, 2.24) is 19.5 Å². The van der Waals surface area contributed by atoms with E-state index in [1.165, 1.54) is 18.0 Å². The molecule has 1 aromatic carbocycles. The Morgan fingerprint density at radius 3 is 2.74 bits per heavy atom. The molecule has 1 fully saturated rings. The van der Waals surface area contributed by atoms with Gasteiger partial charge in [-0.05, 0) is 25.8 Å². The van der Waals surface area contributed by atoms with Gasteiger partial charge >= 0.3 is 5.97 Å². The smallest absolute Gasteiger partial charge is 0.343 e. The second-order valence-corrected chi connectivity index (χ2v) is 7.87. The van der Waals surface area contributed by atoms with Crippen LogP contribution in [0.4, 0.5) is 0 Å². The third-order valence-corrected chi connectivity index (χ3v) is 6.20. The van der Waals surface area contributed by atoms with Crippen molar-refractivity contribution in [1.29, 1.82) is 0 Å². The van der Waals surface area contributed by atoms with Gasteiger partial charge < -0.3 is 19.5 Å². The average Bonchev–Trinajstić information content (AvgIpc) is 3.38. The first kappa shape index (κ1) is 19.3. The van der Waals surface area contributed by atoms with Gasteiger partial charge in [0.15, 0.2) is 5.65 Å². The quantitative estimate of drug-likeness (QED) is 0.645. The number of carbonyl (C=O) groups excluding carboxylic acids is 2. The van der Waals surface area contributed by atoms with Crippen LogP contribution < -0.4 is 4.74 Å². The maximum atomic E-state index is 13.1. The van der Waals surface area contributed by atoms with Crippen molar-refractivity contribution in [3.8, 4) is 11.6 Å². The number of esters is 1. The molecule has 3 aromatic rings. The highest BCUT2D eigenvalue weighted by Gasteiger charge is 2.44. The fourth-order valence-corrected chi connectivity index (χ4v) is 4.47. The van der Waals surface area contributed by atoms with Crippen molar-refractivity contribution >= 4 is 17.5 Å². The molecular weight excluding hydrogens is 400 g/mol. The maximum absolute atomic E-state index is 13.1. The summed E-state index contributed by atoms with van der Waals surface area (Å²) in [6.45, 7) is 3.62. The van der Waals surface area contributed by atoms with E-state index in [1.54, 1.807) is 11.8 Å². The predicted molar refractivity (Wildman–Crippen MR) is 109 cm³/mol. The molecule has 0 aliphatic carbocycles. The maximum Gasteiger partial charge on any atom is 0.343 e. The van der Waals surface area contributed by atoms with Gasteiger partial charge in [0.1, 0.15) is 16.9 Å². The van der Waals surface area contributed by atoms with Gasteiger partial charge in [-0.1, -0.05) is 18.2 Å². The lowest BCUT2D eigenvalue weighted by molar-refractivity contribution is 0.0528. The number of benzene rings is 1. The Labute approximate surface area is 178 Å². The first-order valence-electron chi connectivity index (χ1n) is 10.3. The number of aromatic hydroxyl groups is 1.